The van der Waals surface area contributed by atoms with E-state index in [9.17, 15) is 9.59 Å². The highest BCUT2D eigenvalue weighted by Gasteiger charge is 2.21. The number of halogens is 2. The smallest absolute Gasteiger partial charge is 0.259 e. The van der Waals surface area contributed by atoms with Crippen LogP contribution >= 0.6 is 23.2 Å². The van der Waals surface area contributed by atoms with Gasteiger partial charge in [-0.05, 0) is 30.3 Å². The second-order valence-electron chi connectivity index (χ2n) is 7.32. The molecule has 3 aromatic rings. The Labute approximate surface area is 207 Å². The van der Waals surface area contributed by atoms with E-state index in [0.29, 0.717) is 10.6 Å². The Morgan fingerprint density at radius 1 is 0.941 bits per heavy atom. The number of nitrogens with one attached hydrogen (secondary N) is 2. The third-order valence-corrected chi connectivity index (χ3v) is 5.22. The molecule has 0 spiro atoms. The number of rotatable bonds is 6. The highest BCUT2D eigenvalue weighted by atomic mass is 35.5. The molecule has 2 amide bonds. The number of amidine groups is 1. The Hall–Kier alpha value is -3.62. The normalized spacial score (nSPS) is 11.1. The van der Waals surface area contributed by atoms with Crippen molar-refractivity contribution in [2.75, 3.05) is 38.9 Å². The van der Waals surface area contributed by atoms with Gasteiger partial charge < -0.3 is 20.3 Å². The van der Waals surface area contributed by atoms with Gasteiger partial charge in [0.15, 0.2) is 0 Å². The van der Waals surface area contributed by atoms with Gasteiger partial charge >= 0.3 is 0 Å². The van der Waals surface area contributed by atoms with Crippen LogP contribution in [-0.4, -0.2) is 55.8 Å². The summed E-state index contributed by atoms with van der Waals surface area (Å²) in [5, 5.41) is 6.13. The van der Waals surface area contributed by atoms with Gasteiger partial charge in [-0.3, -0.25) is 14.6 Å². The molecule has 0 aliphatic rings. The van der Waals surface area contributed by atoms with Gasteiger partial charge in [-0.15, -0.1) is 0 Å². The van der Waals surface area contributed by atoms with Crippen LogP contribution in [0.1, 0.15) is 26.3 Å². The maximum absolute atomic E-state index is 13.0. The van der Waals surface area contributed by atoms with Crippen molar-refractivity contribution < 1.29 is 14.3 Å². The fourth-order valence-corrected chi connectivity index (χ4v) is 3.55. The number of ether oxygens (including phenoxy) is 1. The third kappa shape index (κ3) is 5.84. The number of nitrogens with zero attached hydrogens (tertiary/aromatic N) is 3. The molecule has 2 N–H and O–H groups in total. The Balaban J connectivity index is 1.90. The second-order valence-corrected chi connectivity index (χ2v) is 8.19. The van der Waals surface area contributed by atoms with Crippen molar-refractivity contribution in [3.63, 3.8) is 0 Å². The lowest BCUT2D eigenvalue weighted by Gasteiger charge is -2.17. The minimum absolute atomic E-state index is 0.110. The molecule has 3 rings (SSSR count). The standard InChI is InChI=1S/C24H23Cl2N5O3/c1-27-22(31(2)3)14-5-7-15(8-6-14)23(32)30-21-18(11-17(26)12-19(21)34-4)24(33)29-20-10-9-16(25)13-28-20/h5-13H,1-4H3,(H,30,32)(H,28,29,33)/b27-22-. The van der Waals surface area contributed by atoms with Gasteiger partial charge in [0, 0.05) is 49.6 Å². The van der Waals surface area contributed by atoms with Gasteiger partial charge in [0.05, 0.1) is 23.4 Å². The topological polar surface area (TPSA) is 95.9 Å². The lowest BCUT2D eigenvalue weighted by atomic mass is 10.1. The van der Waals surface area contributed by atoms with E-state index in [0.717, 1.165) is 11.4 Å². The van der Waals surface area contributed by atoms with Gasteiger partial charge in [-0.2, -0.15) is 0 Å². The predicted octanol–water partition coefficient (Wildman–Crippen LogP) is 4.84. The molecule has 0 aliphatic carbocycles. The molecule has 8 nitrogen and oxygen atoms in total. The molecule has 0 aliphatic heterocycles. The highest BCUT2D eigenvalue weighted by Crippen LogP contribution is 2.33. The number of hydrogen-bond acceptors (Lipinski definition) is 5. The zero-order chi connectivity index (χ0) is 24.8. The molecular formula is C24H23Cl2N5O3. The van der Waals surface area contributed by atoms with Crippen LogP contribution in [0.15, 0.2) is 59.7 Å². The van der Waals surface area contributed by atoms with Crippen LogP contribution in [-0.2, 0) is 0 Å². The van der Waals surface area contributed by atoms with Crippen molar-refractivity contribution in [3.05, 3.63) is 81.5 Å². The van der Waals surface area contributed by atoms with Crippen molar-refractivity contribution in [2.45, 2.75) is 0 Å². The first-order valence-corrected chi connectivity index (χ1v) is 10.9. The van der Waals surface area contributed by atoms with E-state index in [1.54, 1.807) is 43.4 Å². The maximum atomic E-state index is 13.0. The summed E-state index contributed by atoms with van der Waals surface area (Å²) in [6.45, 7) is 0. The third-order valence-electron chi connectivity index (χ3n) is 4.78. The fourth-order valence-electron chi connectivity index (χ4n) is 3.23. The van der Waals surface area contributed by atoms with Crippen LogP contribution in [0.2, 0.25) is 10.0 Å². The summed E-state index contributed by atoms with van der Waals surface area (Å²) in [5.41, 5.74) is 1.54. The number of benzene rings is 2. The number of aromatic nitrogens is 1. The van der Waals surface area contributed by atoms with Crippen molar-refractivity contribution in [2.24, 2.45) is 4.99 Å². The summed E-state index contributed by atoms with van der Waals surface area (Å²) in [6, 6.07) is 13.1. The lowest BCUT2D eigenvalue weighted by Crippen LogP contribution is -2.23. The van der Waals surface area contributed by atoms with Gasteiger partial charge in [-0.1, -0.05) is 35.3 Å². The molecular weight excluding hydrogens is 477 g/mol. The summed E-state index contributed by atoms with van der Waals surface area (Å²) in [7, 11) is 6.91. The number of carbonyl (C=O) groups is 2. The Morgan fingerprint density at radius 2 is 1.62 bits per heavy atom. The monoisotopic (exact) mass is 499 g/mol. The Kier molecular flexibility index (Phi) is 8.09. The molecule has 10 heteroatoms. The molecule has 0 unspecified atom stereocenters. The van der Waals surface area contributed by atoms with Crippen molar-refractivity contribution >= 4 is 52.4 Å². The minimum atomic E-state index is -0.531. The van der Waals surface area contributed by atoms with Crippen LogP contribution in [0.5, 0.6) is 5.75 Å². The quantitative estimate of drug-likeness (QED) is 0.373. The summed E-state index contributed by atoms with van der Waals surface area (Å²) in [4.78, 5) is 36.2. The molecule has 2 aromatic carbocycles. The average molecular weight is 500 g/mol. The maximum Gasteiger partial charge on any atom is 0.259 e. The molecule has 1 heterocycles. The summed E-state index contributed by atoms with van der Waals surface area (Å²) < 4.78 is 5.38. The van der Waals surface area contributed by atoms with Crippen LogP contribution in [0.4, 0.5) is 11.5 Å². The number of anilines is 2. The molecule has 0 bridgehead atoms. The predicted molar refractivity (Wildman–Crippen MR) is 136 cm³/mol. The van der Waals surface area contributed by atoms with Crippen LogP contribution in [0.25, 0.3) is 0 Å². The molecule has 176 valence electrons. The Bertz CT molecular complexity index is 1230. The summed E-state index contributed by atoms with van der Waals surface area (Å²) in [6.07, 6.45) is 1.41. The molecule has 0 saturated carbocycles. The van der Waals surface area contributed by atoms with Crippen molar-refractivity contribution in [1.82, 2.24) is 9.88 Å². The summed E-state index contributed by atoms with van der Waals surface area (Å²) >= 11 is 12.0. The molecule has 1 aromatic heterocycles. The number of hydrogen-bond donors (Lipinski definition) is 2. The molecule has 0 saturated heterocycles. The second kappa shape index (κ2) is 11.0. The number of aliphatic imine (C=N–C) groups is 1. The van der Waals surface area contributed by atoms with E-state index in [1.165, 1.54) is 25.4 Å². The first-order chi connectivity index (χ1) is 16.2. The summed E-state index contributed by atoms with van der Waals surface area (Å²) in [5.74, 6) is 0.345. The van der Waals surface area contributed by atoms with E-state index < -0.39 is 11.8 Å². The largest absolute Gasteiger partial charge is 0.494 e. The highest BCUT2D eigenvalue weighted by molar-refractivity contribution is 6.32. The Morgan fingerprint density at radius 3 is 2.18 bits per heavy atom. The number of carbonyl (C=O) groups excluding carboxylic acids is 2. The van der Waals surface area contributed by atoms with Crippen molar-refractivity contribution in [3.8, 4) is 5.75 Å². The number of methoxy groups -OCH3 is 1. The van der Waals surface area contributed by atoms with Crippen molar-refractivity contribution in [1.29, 1.82) is 0 Å². The first kappa shape index (κ1) is 25.0. The SMILES string of the molecule is C/N=C(/c1ccc(C(=O)Nc2c(OC)cc(Cl)cc2C(=O)Nc2ccc(Cl)cn2)cc1)N(C)C. The van der Waals surface area contributed by atoms with E-state index >= 15 is 0 Å². The van der Waals surface area contributed by atoms with Gasteiger partial charge in [0.1, 0.15) is 17.4 Å². The molecule has 0 fully saturated rings. The zero-order valence-electron chi connectivity index (χ0n) is 19.0. The van der Waals surface area contributed by atoms with Gasteiger partial charge in [-0.25, -0.2) is 4.98 Å². The van der Waals surface area contributed by atoms with E-state index in [1.807, 2.05) is 19.0 Å². The van der Waals surface area contributed by atoms with Gasteiger partial charge in [0.25, 0.3) is 11.8 Å². The number of amides is 2. The van der Waals surface area contributed by atoms with E-state index in [2.05, 4.69) is 20.6 Å². The van der Waals surface area contributed by atoms with Crippen LogP contribution in [0, 0.1) is 0 Å². The van der Waals surface area contributed by atoms with E-state index in [-0.39, 0.29) is 27.8 Å². The number of pyridine rings is 1. The first-order valence-electron chi connectivity index (χ1n) is 10.1. The zero-order valence-corrected chi connectivity index (χ0v) is 20.5. The molecule has 34 heavy (non-hydrogen) atoms. The average Bonchev–Trinajstić information content (AvgIpc) is 2.81. The van der Waals surface area contributed by atoms with E-state index in [4.69, 9.17) is 27.9 Å². The van der Waals surface area contributed by atoms with Crippen LogP contribution < -0.4 is 15.4 Å². The molecule has 0 radical (unpaired) electrons. The minimum Gasteiger partial charge on any atom is -0.494 e. The lowest BCUT2D eigenvalue weighted by molar-refractivity contribution is 0.102. The van der Waals surface area contributed by atoms with Gasteiger partial charge in [0.2, 0.25) is 0 Å². The van der Waals surface area contributed by atoms with Crippen LogP contribution in [0.3, 0.4) is 0 Å². The fraction of sp³-hybridized carbons (Fsp3) is 0.167. The molecule has 0 atom stereocenters.